The van der Waals surface area contributed by atoms with Crippen molar-refractivity contribution < 1.29 is 4.92 Å². The van der Waals surface area contributed by atoms with Crippen LogP contribution >= 0.6 is 11.3 Å². The Labute approximate surface area is 153 Å². The molecule has 0 saturated carbocycles. The van der Waals surface area contributed by atoms with Crippen LogP contribution in [0.25, 0.3) is 11.3 Å². The average molecular weight is 363 g/mol. The summed E-state index contributed by atoms with van der Waals surface area (Å²) in [5.74, 6) is 0. The van der Waals surface area contributed by atoms with Gasteiger partial charge in [-0.25, -0.2) is 4.98 Å². The number of nitro benzene ring substituents is 1. The van der Waals surface area contributed by atoms with Gasteiger partial charge in [0.25, 0.3) is 5.69 Å². The third-order valence-corrected chi connectivity index (χ3v) is 4.38. The predicted octanol–water partition coefficient (Wildman–Crippen LogP) is 4.37. The number of aryl methyl sites for hydroxylation is 1. The predicted molar refractivity (Wildman–Crippen MR) is 101 cm³/mol. The molecular formula is C18H13N5O2S. The van der Waals surface area contributed by atoms with Crippen LogP contribution in [0.4, 0.5) is 11.4 Å². The smallest absolute Gasteiger partial charge is 0.269 e. The number of aromatic nitrogens is 1. The second kappa shape index (κ2) is 7.55. The maximum Gasteiger partial charge on any atom is 0.269 e. The van der Waals surface area contributed by atoms with Crippen molar-refractivity contribution >= 4 is 28.4 Å². The molecule has 3 rings (SSSR count). The normalized spacial score (nSPS) is 11.0. The third-order valence-electron chi connectivity index (χ3n) is 3.53. The van der Waals surface area contributed by atoms with Crippen molar-refractivity contribution in [3.8, 4) is 17.3 Å². The fourth-order valence-electron chi connectivity index (χ4n) is 2.14. The van der Waals surface area contributed by atoms with Gasteiger partial charge in [0.15, 0.2) is 10.7 Å². The molecule has 0 amide bonds. The Morgan fingerprint density at radius 1 is 1.23 bits per heavy atom. The molecule has 1 aromatic heterocycles. The molecule has 0 bridgehead atoms. The summed E-state index contributed by atoms with van der Waals surface area (Å²) in [7, 11) is 0. The molecule has 3 aromatic rings. The lowest BCUT2D eigenvalue weighted by molar-refractivity contribution is -0.384. The number of thiazole rings is 1. The molecule has 0 atom stereocenters. The minimum absolute atomic E-state index is 0.0192. The topological polar surface area (TPSA) is 104 Å². The zero-order chi connectivity index (χ0) is 18.5. The lowest BCUT2D eigenvalue weighted by Gasteiger charge is -2.01. The molecule has 0 saturated heterocycles. The zero-order valence-electron chi connectivity index (χ0n) is 13.7. The molecule has 7 nitrogen and oxygen atoms in total. The molecule has 8 heteroatoms. The summed E-state index contributed by atoms with van der Waals surface area (Å²) in [6.45, 7) is 1.99. The number of anilines is 1. The van der Waals surface area contributed by atoms with Crippen LogP contribution in [0.5, 0.6) is 0 Å². The molecule has 0 radical (unpaired) electrons. The summed E-state index contributed by atoms with van der Waals surface area (Å²) in [6.07, 6.45) is 0. The van der Waals surface area contributed by atoms with Gasteiger partial charge in [-0.1, -0.05) is 17.7 Å². The summed E-state index contributed by atoms with van der Waals surface area (Å²) in [5, 5.41) is 26.5. The van der Waals surface area contributed by atoms with Crippen LogP contribution in [-0.2, 0) is 0 Å². The number of nitriles is 1. The molecule has 0 aliphatic rings. The highest BCUT2D eigenvalue weighted by molar-refractivity contribution is 7.12. The van der Waals surface area contributed by atoms with E-state index < -0.39 is 4.92 Å². The zero-order valence-corrected chi connectivity index (χ0v) is 14.5. The Morgan fingerprint density at radius 2 is 1.92 bits per heavy atom. The van der Waals surface area contributed by atoms with E-state index >= 15 is 0 Å². The fraction of sp³-hybridized carbons (Fsp3) is 0.0556. The molecule has 0 spiro atoms. The first-order valence-electron chi connectivity index (χ1n) is 7.58. The first kappa shape index (κ1) is 17.3. The van der Waals surface area contributed by atoms with E-state index in [0.29, 0.717) is 10.7 Å². The summed E-state index contributed by atoms with van der Waals surface area (Å²) in [4.78, 5) is 14.7. The van der Waals surface area contributed by atoms with E-state index in [-0.39, 0.29) is 11.4 Å². The lowest BCUT2D eigenvalue weighted by Crippen LogP contribution is -2.01. The number of hydrogen-bond acceptors (Lipinski definition) is 7. The van der Waals surface area contributed by atoms with Crippen molar-refractivity contribution in [2.24, 2.45) is 5.10 Å². The molecule has 0 aliphatic heterocycles. The first-order valence-corrected chi connectivity index (χ1v) is 8.46. The van der Waals surface area contributed by atoms with Gasteiger partial charge in [0.1, 0.15) is 6.07 Å². The van der Waals surface area contributed by atoms with Crippen LogP contribution in [0.15, 0.2) is 59.0 Å². The molecule has 1 heterocycles. The van der Waals surface area contributed by atoms with E-state index in [1.165, 1.54) is 23.5 Å². The van der Waals surface area contributed by atoms with Crippen molar-refractivity contribution in [1.29, 1.82) is 5.26 Å². The maximum atomic E-state index is 10.7. The number of benzene rings is 2. The standard InChI is InChI=1S/C18H13N5O2S/c1-12-2-6-14(7-3-12)21-22-16(10-19)18-20-17(11-26-18)13-4-8-15(9-5-13)23(24)25/h2-9,11,21H,1H3/b22-16+. The Kier molecular flexibility index (Phi) is 5.01. The number of non-ortho nitro benzene ring substituents is 1. The molecular weight excluding hydrogens is 350 g/mol. The van der Waals surface area contributed by atoms with Crippen LogP contribution in [0.2, 0.25) is 0 Å². The van der Waals surface area contributed by atoms with E-state index in [1.54, 1.807) is 17.5 Å². The Morgan fingerprint density at radius 3 is 2.54 bits per heavy atom. The number of nitrogens with zero attached hydrogens (tertiary/aromatic N) is 4. The van der Waals surface area contributed by atoms with E-state index in [2.05, 4.69) is 15.5 Å². The van der Waals surface area contributed by atoms with Crippen molar-refractivity contribution in [1.82, 2.24) is 4.98 Å². The molecule has 2 aromatic carbocycles. The second-order valence-electron chi connectivity index (χ2n) is 5.39. The van der Waals surface area contributed by atoms with Crippen LogP contribution in [0, 0.1) is 28.4 Å². The Bertz CT molecular complexity index is 1000. The van der Waals surface area contributed by atoms with Crippen molar-refractivity contribution in [3.63, 3.8) is 0 Å². The Hall–Kier alpha value is -3.57. The summed E-state index contributed by atoms with van der Waals surface area (Å²) < 4.78 is 0. The molecule has 1 N–H and O–H groups in total. The van der Waals surface area contributed by atoms with Crippen LogP contribution in [0.3, 0.4) is 0 Å². The number of rotatable bonds is 5. The largest absolute Gasteiger partial charge is 0.277 e. The third kappa shape index (κ3) is 3.91. The van der Waals surface area contributed by atoms with Crippen LogP contribution in [0.1, 0.15) is 10.6 Å². The highest BCUT2D eigenvalue weighted by atomic mass is 32.1. The number of nitro groups is 1. The van der Waals surface area contributed by atoms with Crippen LogP contribution < -0.4 is 5.43 Å². The van der Waals surface area contributed by atoms with E-state index in [4.69, 9.17) is 0 Å². The van der Waals surface area contributed by atoms with Gasteiger partial charge < -0.3 is 0 Å². The van der Waals surface area contributed by atoms with E-state index in [0.717, 1.165) is 16.8 Å². The summed E-state index contributed by atoms with van der Waals surface area (Å²) in [5.41, 5.74) is 6.32. The fourth-order valence-corrected chi connectivity index (χ4v) is 2.90. The van der Waals surface area contributed by atoms with Gasteiger partial charge in [0.2, 0.25) is 0 Å². The van der Waals surface area contributed by atoms with E-state index in [1.807, 2.05) is 37.3 Å². The van der Waals surface area contributed by atoms with Crippen molar-refractivity contribution in [2.75, 3.05) is 5.43 Å². The molecule has 0 unspecified atom stereocenters. The second-order valence-corrected chi connectivity index (χ2v) is 6.25. The van der Waals surface area contributed by atoms with Crippen molar-refractivity contribution in [2.45, 2.75) is 6.92 Å². The number of nitrogens with one attached hydrogen (secondary N) is 1. The molecule has 26 heavy (non-hydrogen) atoms. The highest BCUT2D eigenvalue weighted by Crippen LogP contribution is 2.24. The SMILES string of the molecule is Cc1ccc(N/N=C(\C#N)c2nc(-c3ccc([N+](=O)[O-])cc3)cs2)cc1. The summed E-state index contributed by atoms with van der Waals surface area (Å²) >= 11 is 1.29. The monoisotopic (exact) mass is 363 g/mol. The van der Waals surface area contributed by atoms with Crippen LogP contribution in [-0.4, -0.2) is 15.6 Å². The van der Waals surface area contributed by atoms with Gasteiger partial charge >= 0.3 is 0 Å². The number of hydrogen-bond donors (Lipinski definition) is 1. The Balaban J connectivity index is 1.80. The van der Waals surface area contributed by atoms with Gasteiger partial charge in [0, 0.05) is 23.1 Å². The minimum Gasteiger partial charge on any atom is -0.277 e. The van der Waals surface area contributed by atoms with Gasteiger partial charge in [-0.3, -0.25) is 15.5 Å². The molecule has 128 valence electrons. The highest BCUT2D eigenvalue weighted by Gasteiger charge is 2.12. The summed E-state index contributed by atoms with van der Waals surface area (Å²) in [6, 6.07) is 15.8. The minimum atomic E-state index is -0.451. The maximum absolute atomic E-state index is 10.7. The van der Waals surface area contributed by atoms with E-state index in [9.17, 15) is 15.4 Å². The van der Waals surface area contributed by atoms with Crippen molar-refractivity contribution in [3.05, 3.63) is 74.6 Å². The van der Waals surface area contributed by atoms with Gasteiger partial charge in [-0.05, 0) is 31.2 Å². The quantitative estimate of drug-likeness (QED) is 0.412. The number of hydrazone groups is 1. The van der Waals surface area contributed by atoms with Gasteiger partial charge in [-0.15, -0.1) is 11.3 Å². The molecule has 0 aliphatic carbocycles. The van der Waals surface area contributed by atoms with Gasteiger partial charge in [0.05, 0.1) is 16.3 Å². The average Bonchev–Trinajstić information content (AvgIpc) is 3.14. The lowest BCUT2D eigenvalue weighted by atomic mass is 10.1. The first-order chi connectivity index (χ1) is 12.6. The molecule has 0 fully saturated rings. The van der Waals surface area contributed by atoms with Gasteiger partial charge in [-0.2, -0.15) is 10.4 Å².